The number of nitriles is 1. The van der Waals surface area contributed by atoms with Gasteiger partial charge in [0.05, 0.1) is 17.3 Å². The molecule has 0 bridgehead atoms. The van der Waals surface area contributed by atoms with Gasteiger partial charge in [-0.25, -0.2) is 4.79 Å². The predicted octanol–water partition coefficient (Wildman–Crippen LogP) is 2.71. The molecule has 1 aliphatic heterocycles. The summed E-state index contributed by atoms with van der Waals surface area (Å²) >= 11 is 0. The summed E-state index contributed by atoms with van der Waals surface area (Å²) < 4.78 is 43.6. The highest BCUT2D eigenvalue weighted by Crippen LogP contribution is 2.26. The SMILES string of the molecule is CC(OC(=O)N1CCN(Cc2ccc(C#N)cc2-c2ccn(CC(=O)O)n2)CC1)C(F)(F)F. The first kappa shape index (κ1) is 24.1. The number of piperazine rings is 1. The Balaban J connectivity index is 1.67. The molecule has 12 heteroatoms. The van der Waals surface area contributed by atoms with E-state index in [1.165, 1.54) is 9.58 Å². The fourth-order valence-corrected chi connectivity index (χ4v) is 3.38. The average molecular weight is 465 g/mol. The van der Waals surface area contributed by atoms with E-state index in [1.807, 2.05) is 4.90 Å². The summed E-state index contributed by atoms with van der Waals surface area (Å²) in [6, 6.07) is 8.87. The Bertz CT molecular complexity index is 1050. The quantitative estimate of drug-likeness (QED) is 0.698. The molecule has 1 fully saturated rings. The van der Waals surface area contributed by atoms with Crippen LogP contribution in [0.5, 0.6) is 0 Å². The third kappa shape index (κ3) is 6.23. The number of carboxylic acids is 1. The molecular formula is C21H22F3N5O4. The standard InChI is InChI=1S/C21H22F3N5O4/c1-14(21(22,23)24)33-20(32)28-8-6-27(7-9-28)12-16-3-2-15(11-25)10-17(16)18-4-5-29(26-18)13-19(30)31/h2-5,10,14H,6-9,12-13H2,1H3,(H,30,31). The molecular weight excluding hydrogens is 443 g/mol. The largest absolute Gasteiger partial charge is 0.480 e. The molecule has 33 heavy (non-hydrogen) atoms. The van der Waals surface area contributed by atoms with Crippen LogP contribution in [0, 0.1) is 11.3 Å². The zero-order chi connectivity index (χ0) is 24.2. The number of amides is 1. The highest BCUT2D eigenvalue weighted by Gasteiger charge is 2.40. The van der Waals surface area contributed by atoms with Crippen molar-refractivity contribution in [3.63, 3.8) is 0 Å². The number of carbonyl (C=O) groups is 2. The third-order valence-electron chi connectivity index (χ3n) is 5.22. The number of alkyl halides is 3. The summed E-state index contributed by atoms with van der Waals surface area (Å²) in [4.78, 5) is 26.2. The van der Waals surface area contributed by atoms with Gasteiger partial charge in [0.25, 0.3) is 0 Å². The number of nitrogens with zero attached hydrogens (tertiary/aromatic N) is 5. The van der Waals surface area contributed by atoms with E-state index in [0.717, 1.165) is 12.5 Å². The molecule has 1 aromatic heterocycles. The van der Waals surface area contributed by atoms with Gasteiger partial charge >= 0.3 is 18.2 Å². The lowest BCUT2D eigenvalue weighted by molar-refractivity contribution is -0.200. The minimum atomic E-state index is -4.61. The van der Waals surface area contributed by atoms with Crippen molar-refractivity contribution in [3.05, 3.63) is 41.6 Å². The Hall–Kier alpha value is -3.59. The monoisotopic (exact) mass is 465 g/mol. The maximum absolute atomic E-state index is 12.6. The number of carboxylic acid groups (broad SMARTS) is 1. The van der Waals surface area contributed by atoms with Crippen LogP contribution in [-0.2, 0) is 22.6 Å². The van der Waals surface area contributed by atoms with E-state index in [1.54, 1.807) is 30.5 Å². The first-order chi connectivity index (χ1) is 15.6. The second-order valence-corrected chi connectivity index (χ2v) is 7.61. The summed E-state index contributed by atoms with van der Waals surface area (Å²) in [6.45, 7) is 2.21. The van der Waals surface area contributed by atoms with Crippen LogP contribution in [0.25, 0.3) is 11.3 Å². The molecule has 0 radical (unpaired) electrons. The third-order valence-corrected chi connectivity index (χ3v) is 5.22. The van der Waals surface area contributed by atoms with Crippen molar-refractivity contribution in [2.45, 2.75) is 32.3 Å². The van der Waals surface area contributed by atoms with Crippen LogP contribution in [0.3, 0.4) is 0 Å². The Morgan fingerprint density at radius 3 is 2.55 bits per heavy atom. The zero-order valence-corrected chi connectivity index (χ0v) is 17.7. The van der Waals surface area contributed by atoms with Gasteiger partial charge in [0.15, 0.2) is 6.10 Å². The second kappa shape index (κ2) is 9.91. The van der Waals surface area contributed by atoms with Crippen molar-refractivity contribution in [1.82, 2.24) is 19.6 Å². The number of rotatable bonds is 6. The lowest BCUT2D eigenvalue weighted by Crippen LogP contribution is -2.49. The Kier molecular flexibility index (Phi) is 7.23. The number of ether oxygens (including phenoxy) is 1. The normalized spacial score (nSPS) is 15.7. The smallest absolute Gasteiger partial charge is 0.425 e. The number of hydrogen-bond acceptors (Lipinski definition) is 6. The molecule has 1 N–H and O–H groups in total. The molecule has 1 atom stereocenters. The van der Waals surface area contributed by atoms with E-state index in [9.17, 15) is 28.0 Å². The van der Waals surface area contributed by atoms with Crippen molar-refractivity contribution in [1.29, 1.82) is 5.26 Å². The second-order valence-electron chi connectivity index (χ2n) is 7.61. The highest BCUT2D eigenvalue weighted by molar-refractivity contribution is 5.69. The molecule has 1 aliphatic rings. The summed E-state index contributed by atoms with van der Waals surface area (Å²) in [7, 11) is 0. The Labute approximate surface area is 187 Å². The van der Waals surface area contributed by atoms with Crippen molar-refractivity contribution in [3.8, 4) is 17.3 Å². The lowest BCUT2D eigenvalue weighted by atomic mass is 10.0. The van der Waals surface area contributed by atoms with E-state index in [-0.39, 0.29) is 19.6 Å². The van der Waals surface area contributed by atoms with E-state index in [0.29, 0.717) is 36.5 Å². The van der Waals surface area contributed by atoms with Crippen molar-refractivity contribution in [2.24, 2.45) is 0 Å². The minimum Gasteiger partial charge on any atom is -0.480 e. The number of carbonyl (C=O) groups excluding carboxylic acids is 1. The Morgan fingerprint density at radius 1 is 1.24 bits per heavy atom. The van der Waals surface area contributed by atoms with E-state index in [4.69, 9.17) is 5.11 Å². The van der Waals surface area contributed by atoms with Crippen LogP contribution in [-0.4, -0.2) is 75.2 Å². The van der Waals surface area contributed by atoms with E-state index >= 15 is 0 Å². The average Bonchev–Trinajstić information content (AvgIpc) is 3.21. The number of aromatic nitrogens is 2. The van der Waals surface area contributed by atoms with Gasteiger partial charge in [0.2, 0.25) is 0 Å². The Morgan fingerprint density at radius 2 is 1.94 bits per heavy atom. The zero-order valence-electron chi connectivity index (χ0n) is 17.7. The van der Waals surface area contributed by atoms with Gasteiger partial charge in [-0.2, -0.15) is 23.5 Å². The highest BCUT2D eigenvalue weighted by atomic mass is 19.4. The summed E-state index contributed by atoms with van der Waals surface area (Å²) in [5.74, 6) is -1.03. The van der Waals surface area contributed by atoms with Gasteiger partial charge in [0.1, 0.15) is 6.54 Å². The van der Waals surface area contributed by atoms with Gasteiger partial charge in [-0.3, -0.25) is 14.4 Å². The molecule has 176 valence electrons. The van der Waals surface area contributed by atoms with Crippen LogP contribution in [0.15, 0.2) is 30.5 Å². The number of benzene rings is 1. The van der Waals surface area contributed by atoms with Crippen LogP contribution >= 0.6 is 0 Å². The van der Waals surface area contributed by atoms with Gasteiger partial charge in [0, 0.05) is 44.5 Å². The molecule has 2 heterocycles. The molecule has 2 aromatic rings. The minimum absolute atomic E-state index is 0.211. The summed E-state index contributed by atoms with van der Waals surface area (Å²) in [5, 5.41) is 22.5. The molecule has 1 saturated heterocycles. The van der Waals surface area contributed by atoms with Gasteiger partial charge in [-0.05, 0) is 30.7 Å². The fraction of sp³-hybridized carbons (Fsp3) is 0.429. The first-order valence-corrected chi connectivity index (χ1v) is 10.1. The van der Waals surface area contributed by atoms with Crippen molar-refractivity contribution in [2.75, 3.05) is 26.2 Å². The molecule has 3 rings (SSSR count). The van der Waals surface area contributed by atoms with Crippen molar-refractivity contribution >= 4 is 12.1 Å². The molecule has 1 aromatic carbocycles. The molecule has 0 spiro atoms. The maximum Gasteiger partial charge on any atom is 0.425 e. The van der Waals surface area contributed by atoms with Gasteiger partial charge in [-0.1, -0.05) is 6.07 Å². The number of hydrogen-bond donors (Lipinski definition) is 1. The predicted molar refractivity (Wildman–Crippen MR) is 109 cm³/mol. The topological polar surface area (TPSA) is 112 Å². The molecule has 0 aliphatic carbocycles. The van der Waals surface area contributed by atoms with E-state index < -0.39 is 24.3 Å². The first-order valence-electron chi connectivity index (χ1n) is 10.1. The van der Waals surface area contributed by atoms with Crippen LogP contribution in [0.1, 0.15) is 18.1 Å². The number of halogens is 3. The number of aliphatic carboxylic acids is 1. The van der Waals surface area contributed by atoms with Crippen LogP contribution < -0.4 is 0 Å². The summed E-state index contributed by atoms with van der Waals surface area (Å²) in [5.41, 5.74) is 2.47. The molecule has 9 nitrogen and oxygen atoms in total. The van der Waals surface area contributed by atoms with Crippen LogP contribution in [0.2, 0.25) is 0 Å². The molecule has 1 amide bonds. The lowest BCUT2D eigenvalue weighted by Gasteiger charge is -2.35. The van der Waals surface area contributed by atoms with Crippen LogP contribution in [0.4, 0.5) is 18.0 Å². The van der Waals surface area contributed by atoms with Gasteiger partial charge < -0.3 is 14.7 Å². The van der Waals surface area contributed by atoms with Gasteiger partial charge in [-0.15, -0.1) is 0 Å². The maximum atomic E-state index is 12.6. The van der Waals surface area contributed by atoms with Crippen molar-refractivity contribution < 1.29 is 32.6 Å². The molecule has 0 saturated carbocycles. The summed E-state index contributed by atoms with van der Waals surface area (Å²) in [6.07, 6.45) is -6.24. The molecule has 1 unspecified atom stereocenters. The van der Waals surface area contributed by atoms with E-state index in [2.05, 4.69) is 15.9 Å². The fourth-order valence-electron chi connectivity index (χ4n) is 3.38.